The predicted octanol–water partition coefficient (Wildman–Crippen LogP) is 2.04. The molecular formula is C13H23ClN4O. The number of carbonyl (C=O) groups is 1. The second-order valence-electron chi connectivity index (χ2n) is 4.89. The molecule has 1 unspecified atom stereocenters. The Labute approximate surface area is 120 Å². The van der Waals surface area contributed by atoms with Gasteiger partial charge in [-0.15, -0.1) is 12.4 Å². The molecule has 2 rings (SSSR count). The Balaban J connectivity index is 0.00000180. The fourth-order valence-electron chi connectivity index (χ4n) is 2.33. The van der Waals surface area contributed by atoms with Crippen LogP contribution in [0, 0.1) is 5.92 Å². The van der Waals surface area contributed by atoms with E-state index in [1.165, 1.54) is 6.42 Å². The second-order valence-corrected chi connectivity index (χ2v) is 4.89. The molecule has 0 aliphatic carbocycles. The highest BCUT2D eigenvalue weighted by molar-refractivity contribution is 5.89. The molecule has 0 bridgehead atoms. The minimum Gasteiger partial charge on any atom is -0.316 e. The number of hydrogen-bond acceptors (Lipinski definition) is 3. The van der Waals surface area contributed by atoms with Crippen LogP contribution in [0.15, 0.2) is 12.3 Å². The van der Waals surface area contributed by atoms with Crippen molar-refractivity contribution in [2.45, 2.75) is 39.2 Å². The zero-order chi connectivity index (χ0) is 12.8. The first-order valence-corrected chi connectivity index (χ1v) is 6.82. The van der Waals surface area contributed by atoms with Crippen LogP contribution in [0.2, 0.25) is 0 Å². The molecule has 2 heterocycles. The lowest BCUT2D eigenvalue weighted by Gasteiger charge is -2.10. The van der Waals surface area contributed by atoms with Crippen LogP contribution in [-0.2, 0) is 11.3 Å². The van der Waals surface area contributed by atoms with Crippen LogP contribution in [0.1, 0.15) is 32.6 Å². The highest BCUT2D eigenvalue weighted by Crippen LogP contribution is 2.15. The van der Waals surface area contributed by atoms with Crippen molar-refractivity contribution in [2.24, 2.45) is 5.92 Å². The number of carbonyl (C=O) groups excluding carboxylic acids is 1. The molecule has 1 atom stereocenters. The van der Waals surface area contributed by atoms with Gasteiger partial charge in [0.15, 0.2) is 0 Å². The highest BCUT2D eigenvalue weighted by atomic mass is 35.5. The van der Waals surface area contributed by atoms with E-state index in [2.05, 4.69) is 22.7 Å². The van der Waals surface area contributed by atoms with Crippen molar-refractivity contribution in [3.05, 3.63) is 12.3 Å². The van der Waals surface area contributed by atoms with Crippen molar-refractivity contribution < 1.29 is 4.79 Å². The average molecular weight is 287 g/mol. The molecule has 108 valence electrons. The molecule has 0 radical (unpaired) electrons. The van der Waals surface area contributed by atoms with Crippen LogP contribution in [0.5, 0.6) is 0 Å². The number of nitrogens with one attached hydrogen (secondary N) is 2. The first-order valence-electron chi connectivity index (χ1n) is 6.82. The van der Waals surface area contributed by atoms with Crippen molar-refractivity contribution in [3.8, 4) is 0 Å². The number of aromatic nitrogens is 2. The minimum absolute atomic E-state index is 0. The topological polar surface area (TPSA) is 59.0 Å². The molecule has 1 aromatic rings. The number of hydrogen-bond donors (Lipinski definition) is 2. The van der Waals surface area contributed by atoms with Crippen molar-refractivity contribution in [1.29, 1.82) is 0 Å². The normalized spacial score (nSPS) is 18.1. The van der Waals surface area contributed by atoms with Crippen molar-refractivity contribution in [1.82, 2.24) is 15.1 Å². The van der Waals surface area contributed by atoms with Gasteiger partial charge in [0.05, 0.1) is 6.20 Å². The molecule has 1 amide bonds. The van der Waals surface area contributed by atoms with E-state index in [0.717, 1.165) is 38.3 Å². The minimum atomic E-state index is 0. The quantitative estimate of drug-likeness (QED) is 0.841. The summed E-state index contributed by atoms with van der Waals surface area (Å²) in [6, 6.07) is 1.85. The molecule has 2 N–H and O–H groups in total. The summed E-state index contributed by atoms with van der Waals surface area (Å²) in [4.78, 5) is 11.9. The Morgan fingerprint density at radius 2 is 2.47 bits per heavy atom. The summed E-state index contributed by atoms with van der Waals surface area (Å²) in [7, 11) is 0. The Kier molecular flexibility index (Phi) is 6.87. The maximum atomic E-state index is 11.9. The van der Waals surface area contributed by atoms with Crippen molar-refractivity contribution in [2.75, 3.05) is 18.4 Å². The molecule has 0 aromatic carbocycles. The summed E-state index contributed by atoms with van der Waals surface area (Å²) in [5.41, 5.74) is 0. The van der Waals surface area contributed by atoms with E-state index in [1.54, 1.807) is 6.20 Å². The first kappa shape index (κ1) is 16.0. The van der Waals surface area contributed by atoms with Crippen LogP contribution in [0.3, 0.4) is 0 Å². The van der Waals surface area contributed by atoms with Gasteiger partial charge >= 0.3 is 0 Å². The third-order valence-electron chi connectivity index (χ3n) is 3.36. The van der Waals surface area contributed by atoms with Gasteiger partial charge in [-0.3, -0.25) is 4.79 Å². The molecule has 6 heteroatoms. The summed E-state index contributed by atoms with van der Waals surface area (Å²) in [5.74, 6) is 1.57. The summed E-state index contributed by atoms with van der Waals surface area (Å²) in [6.45, 7) is 5.09. The van der Waals surface area contributed by atoms with Crippen LogP contribution >= 0.6 is 12.4 Å². The zero-order valence-corrected chi connectivity index (χ0v) is 12.2. The summed E-state index contributed by atoms with van der Waals surface area (Å²) < 4.78 is 1.84. The van der Waals surface area contributed by atoms with Gasteiger partial charge in [0.2, 0.25) is 5.91 Å². The fourth-order valence-corrected chi connectivity index (χ4v) is 2.33. The molecule has 1 aliphatic heterocycles. The van der Waals surface area contributed by atoms with Gasteiger partial charge in [-0.05, 0) is 38.3 Å². The van der Waals surface area contributed by atoms with E-state index in [4.69, 9.17) is 0 Å². The Morgan fingerprint density at radius 3 is 3.16 bits per heavy atom. The maximum absolute atomic E-state index is 11.9. The van der Waals surface area contributed by atoms with Gasteiger partial charge in [-0.25, -0.2) is 4.68 Å². The second kappa shape index (κ2) is 8.17. The van der Waals surface area contributed by atoms with Gasteiger partial charge in [-0.1, -0.05) is 6.92 Å². The van der Waals surface area contributed by atoms with Crippen LogP contribution in [-0.4, -0.2) is 28.8 Å². The van der Waals surface area contributed by atoms with E-state index in [0.29, 0.717) is 12.3 Å². The Hall–Kier alpha value is -1.07. The zero-order valence-electron chi connectivity index (χ0n) is 11.4. The largest absolute Gasteiger partial charge is 0.316 e. The van der Waals surface area contributed by atoms with Gasteiger partial charge < -0.3 is 10.6 Å². The van der Waals surface area contributed by atoms with Gasteiger partial charge in [0.25, 0.3) is 0 Å². The molecule has 0 saturated carbocycles. The SMILES string of the molecule is CCCn1nccc1NC(=O)CCC1CCNC1.Cl. The summed E-state index contributed by atoms with van der Waals surface area (Å²) in [6.07, 6.45) is 5.51. The van der Waals surface area contributed by atoms with E-state index < -0.39 is 0 Å². The molecule has 19 heavy (non-hydrogen) atoms. The number of aryl methyl sites for hydroxylation is 1. The number of anilines is 1. The summed E-state index contributed by atoms with van der Waals surface area (Å²) in [5, 5.41) is 10.5. The molecule has 1 aromatic heterocycles. The Bertz CT molecular complexity index is 388. The first-order chi connectivity index (χ1) is 8.79. The van der Waals surface area contributed by atoms with E-state index in [1.807, 2.05) is 10.7 Å². The molecular weight excluding hydrogens is 264 g/mol. The molecule has 1 fully saturated rings. The molecule has 1 saturated heterocycles. The van der Waals surface area contributed by atoms with Gasteiger partial charge in [0.1, 0.15) is 5.82 Å². The van der Waals surface area contributed by atoms with Crippen LogP contribution < -0.4 is 10.6 Å². The number of nitrogens with zero attached hydrogens (tertiary/aromatic N) is 2. The smallest absolute Gasteiger partial charge is 0.225 e. The van der Waals surface area contributed by atoms with Crippen molar-refractivity contribution >= 4 is 24.1 Å². The number of amides is 1. The summed E-state index contributed by atoms with van der Waals surface area (Å²) >= 11 is 0. The Morgan fingerprint density at radius 1 is 1.63 bits per heavy atom. The molecule has 5 nitrogen and oxygen atoms in total. The third-order valence-corrected chi connectivity index (χ3v) is 3.36. The van der Waals surface area contributed by atoms with Crippen molar-refractivity contribution in [3.63, 3.8) is 0 Å². The van der Waals surface area contributed by atoms with Gasteiger partial charge in [0, 0.05) is 19.0 Å². The van der Waals surface area contributed by atoms with Crippen LogP contribution in [0.25, 0.3) is 0 Å². The molecule has 0 spiro atoms. The van der Waals surface area contributed by atoms with E-state index in [-0.39, 0.29) is 18.3 Å². The number of halogens is 1. The van der Waals surface area contributed by atoms with Crippen LogP contribution in [0.4, 0.5) is 5.82 Å². The lowest BCUT2D eigenvalue weighted by Crippen LogP contribution is -2.17. The fraction of sp³-hybridized carbons (Fsp3) is 0.692. The number of rotatable bonds is 6. The molecule has 1 aliphatic rings. The van der Waals surface area contributed by atoms with Gasteiger partial charge in [-0.2, -0.15) is 5.10 Å². The predicted molar refractivity (Wildman–Crippen MR) is 78.6 cm³/mol. The average Bonchev–Trinajstić information content (AvgIpc) is 2.99. The third kappa shape index (κ3) is 4.84. The van der Waals surface area contributed by atoms with E-state index in [9.17, 15) is 4.79 Å². The lowest BCUT2D eigenvalue weighted by atomic mass is 10.0. The monoisotopic (exact) mass is 286 g/mol. The van der Waals surface area contributed by atoms with E-state index >= 15 is 0 Å². The maximum Gasteiger partial charge on any atom is 0.225 e. The highest BCUT2D eigenvalue weighted by Gasteiger charge is 2.16. The standard InChI is InChI=1S/C13H22N4O.ClH/c1-2-9-17-12(6-8-15-17)16-13(18)4-3-11-5-7-14-10-11;/h6,8,11,14H,2-5,7,9-10H2,1H3,(H,16,18);1H. The lowest BCUT2D eigenvalue weighted by molar-refractivity contribution is -0.116.